The van der Waals surface area contributed by atoms with Crippen LogP contribution in [-0.4, -0.2) is 50.8 Å². The van der Waals surface area contributed by atoms with Crippen LogP contribution in [0.4, 0.5) is 5.82 Å². The molecule has 7 nitrogen and oxygen atoms in total. The Bertz CT molecular complexity index is 560. The molecule has 0 radical (unpaired) electrons. The monoisotopic (exact) mass is 248 g/mol. The minimum Gasteiger partial charge on any atom is -0.383 e. The largest absolute Gasteiger partial charge is 0.383 e. The summed E-state index contributed by atoms with van der Waals surface area (Å²) in [6.07, 6.45) is 1.47. The molecule has 0 spiro atoms. The van der Waals surface area contributed by atoms with Gasteiger partial charge in [-0.2, -0.15) is 14.6 Å². The molecular weight excluding hydrogens is 232 g/mol. The van der Waals surface area contributed by atoms with E-state index < -0.39 is 0 Å². The van der Waals surface area contributed by atoms with Gasteiger partial charge >= 0.3 is 0 Å². The van der Waals surface area contributed by atoms with Crippen LogP contribution in [0.1, 0.15) is 11.3 Å². The molecule has 2 aromatic rings. The molecule has 0 atom stereocenters. The minimum absolute atomic E-state index is 0.552. The van der Waals surface area contributed by atoms with Gasteiger partial charge in [-0.1, -0.05) is 0 Å². The standard InChI is InChI=1S/C11H16N6O/c1-8-9(6-16-2-4-18-5-3-16)10(12)17-11(15-8)13-7-14-17/h7H,2-6,12H2,1H3. The van der Waals surface area contributed by atoms with Crippen LogP contribution in [0.2, 0.25) is 0 Å². The quantitative estimate of drug-likeness (QED) is 0.795. The van der Waals surface area contributed by atoms with E-state index in [1.807, 2.05) is 6.92 Å². The van der Waals surface area contributed by atoms with Crippen LogP contribution >= 0.6 is 0 Å². The average Bonchev–Trinajstić information content (AvgIpc) is 2.84. The van der Waals surface area contributed by atoms with Crippen LogP contribution in [-0.2, 0) is 11.3 Å². The average molecular weight is 248 g/mol. The van der Waals surface area contributed by atoms with Gasteiger partial charge in [-0.05, 0) is 6.92 Å². The summed E-state index contributed by atoms with van der Waals surface area (Å²) >= 11 is 0. The number of nitrogen functional groups attached to an aromatic ring is 1. The van der Waals surface area contributed by atoms with Crippen LogP contribution in [0.3, 0.4) is 0 Å². The highest BCUT2D eigenvalue weighted by molar-refractivity contribution is 5.48. The number of fused-ring (bicyclic) bond motifs is 1. The number of rotatable bonds is 2. The summed E-state index contributed by atoms with van der Waals surface area (Å²) in [5, 5.41) is 4.09. The zero-order chi connectivity index (χ0) is 12.5. The van der Waals surface area contributed by atoms with E-state index in [2.05, 4.69) is 20.0 Å². The Hall–Kier alpha value is -1.73. The molecule has 2 aromatic heterocycles. The van der Waals surface area contributed by atoms with E-state index in [1.54, 1.807) is 4.52 Å². The number of morpholine rings is 1. The summed E-state index contributed by atoms with van der Waals surface area (Å²) in [6.45, 7) is 6.14. The Labute approximate surface area is 105 Å². The highest BCUT2D eigenvalue weighted by Gasteiger charge is 2.17. The summed E-state index contributed by atoms with van der Waals surface area (Å²) in [5.41, 5.74) is 8.08. The second-order valence-electron chi connectivity index (χ2n) is 4.42. The summed E-state index contributed by atoms with van der Waals surface area (Å²) in [5.74, 6) is 1.18. The van der Waals surface area contributed by atoms with E-state index in [-0.39, 0.29) is 0 Å². The smallest absolute Gasteiger partial charge is 0.254 e. The first-order valence-electron chi connectivity index (χ1n) is 6.00. The van der Waals surface area contributed by atoms with Gasteiger partial charge in [0, 0.05) is 30.9 Å². The van der Waals surface area contributed by atoms with E-state index in [9.17, 15) is 0 Å². The maximum absolute atomic E-state index is 6.14. The molecule has 0 amide bonds. The Kier molecular flexibility index (Phi) is 2.85. The van der Waals surface area contributed by atoms with Gasteiger partial charge in [0.15, 0.2) is 0 Å². The number of hydrogen-bond acceptors (Lipinski definition) is 6. The first-order valence-corrected chi connectivity index (χ1v) is 6.00. The van der Waals surface area contributed by atoms with Crippen molar-refractivity contribution in [1.29, 1.82) is 0 Å². The van der Waals surface area contributed by atoms with Crippen molar-refractivity contribution in [1.82, 2.24) is 24.5 Å². The Morgan fingerprint density at radius 2 is 2.17 bits per heavy atom. The van der Waals surface area contributed by atoms with E-state index >= 15 is 0 Å². The van der Waals surface area contributed by atoms with Crippen molar-refractivity contribution in [3.63, 3.8) is 0 Å². The lowest BCUT2D eigenvalue weighted by Crippen LogP contribution is -2.36. The Morgan fingerprint density at radius 3 is 2.94 bits per heavy atom. The first-order chi connectivity index (χ1) is 8.75. The fourth-order valence-electron chi connectivity index (χ4n) is 2.19. The topological polar surface area (TPSA) is 81.6 Å². The number of nitrogens with zero attached hydrogens (tertiary/aromatic N) is 5. The van der Waals surface area contributed by atoms with E-state index in [4.69, 9.17) is 10.5 Å². The highest BCUT2D eigenvalue weighted by Crippen LogP contribution is 2.18. The van der Waals surface area contributed by atoms with E-state index in [0.29, 0.717) is 11.6 Å². The van der Waals surface area contributed by atoms with Crippen molar-refractivity contribution >= 4 is 11.6 Å². The fourth-order valence-corrected chi connectivity index (χ4v) is 2.19. The molecule has 7 heteroatoms. The molecule has 1 saturated heterocycles. The molecule has 2 N–H and O–H groups in total. The SMILES string of the molecule is Cc1nc2ncnn2c(N)c1CN1CCOCC1. The summed E-state index contributed by atoms with van der Waals surface area (Å²) in [4.78, 5) is 10.8. The lowest BCUT2D eigenvalue weighted by atomic mass is 10.2. The van der Waals surface area contributed by atoms with Crippen LogP contribution in [0.5, 0.6) is 0 Å². The zero-order valence-corrected chi connectivity index (χ0v) is 10.3. The van der Waals surface area contributed by atoms with Crippen LogP contribution in [0.15, 0.2) is 6.33 Å². The molecule has 0 bridgehead atoms. The van der Waals surface area contributed by atoms with Gasteiger partial charge < -0.3 is 10.5 Å². The molecule has 1 aliphatic heterocycles. The normalized spacial score (nSPS) is 17.4. The number of nitrogens with two attached hydrogens (primary N) is 1. The number of hydrogen-bond donors (Lipinski definition) is 1. The molecule has 1 fully saturated rings. The molecule has 0 saturated carbocycles. The Balaban J connectivity index is 1.94. The summed E-state index contributed by atoms with van der Waals surface area (Å²) < 4.78 is 6.93. The molecule has 1 aliphatic rings. The Morgan fingerprint density at radius 1 is 1.39 bits per heavy atom. The number of anilines is 1. The molecule has 3 heterocycles. The molecule has 0 aromatic carbocycles. The third-order valence-corrected chi connectivity index (χ3v) is 3.26. The van der Waals surface area contributed by atoms with Gasteiger partial charge in [0.2, 0.25) is 0 Å². The molecule has 0 unspecified atom stereocenters. The van der Waals surface area contributed by atoms with Crippen LogP contribution in [0, 0.1) is 6.92 Å². The zero-order valence-electron chi connectivity index (χ0n) is 10.3. The number of ether oxygens (including phenoxy) is 1. The predicted molar refractivity (Wildman–Crippen MR) is 66.0 cm³/mol. The summed E-state index contributed by atoms with van der Waals surface area (Å²) in [7, 11) is 0. The van der Waals surface area contributed by atoms with E-state index in [1.165, 1.54) is 6.33 Å². The second kappa shape index (κ2) is 4.51. The second-order valence-corrected chi connectivity index (χ2v) is 4.42. The van der Waals surface area contributed by atoms with Crippen molar-refractivity contribution in [2.75, 3.05) is 32.0 Å². The van der Waals surface area contributed by atoms with Gasteiger partial charge in [-0.15, -0.1) is 0 Å². The summed E-state index contributed by atoms with van der Waals surface area (Å²) in [6, 6.07) is 0. The van der Waals surface area contributed by atoms with Crippen LogP contribution in [0.25, 0.3) is 5.78 Å². The van der Waals surface area contributed by atoms with Gasteiger partial charge in [0.05, 0.1) is 13.2 Å². The van der Waals surface area contributed by atoms with E-state index in [0.717, 1.165) is 44.1 Å². The lowest BCUT2D eigenvalue weighted by molar-refractivity contribution is 0.0341. The molecule has 0 aliphatic carbocycles. The highest BCUT2D eigenvalue weighted by atomic mass is 16.5. The predicted octanol–water partition coefficient (Wildman–Crippen LogP) is -0.153. The van der Waals surface area contributed by atoms with Crippen molar-refractivity contribution in [2.24, 2.45) is 0 Å². The number of aromatic nitrogens is 4. The molecule has 96 valence electrons. The first kappa shape index (κ1) is 11.4. The fraction of sp³-hybridized carbons (Fsp3) is 0.545. The van der Waals surface area contributed by atoms with Crippen LogP contribution < -0.4 is 5.73 Å². The maximum Gasteiger partial charge on any atom is 0.254 e. The van der Waals surface area contributed by atoms with Gasteiger partial charge in [-0.3, -0.25) is 4.90 Å². The minimum atomic E-state index is 0.552. The van der Waals surface area contributed by atoms with Gasteiger partial charge in [0.1, 0.15) is 12.1 Å². The molecular formula is C11H16N6O. The molecule has 3 rings (SSSR count). The van der Waals surface area contributed by atoms with Gasteiger partial charge in [-0.25, -0.2) is 4.98 Å². The maximum atomic E-state index is 6.14. The third-order valence-electron chi connectivity index (χ3n) is 3.26. The lowest BCUT2D eigenvalue weighted by Gasteiger charge is -2.27. The van der Waals surface area contributed by atoms with Crippen molar-refractivity contribution in [3.8, 4) is 0 Å². The third kappa shape index (κ3) is 1.91. The van der Waals surface area contributed by atoms with Gasteiger partial charge in [0.25, 0.3) is 5.78 Å². The van der Waals surface area contributed by atoms with Crippen molar-refractivity contribution < 1.29 is 4.74 Å². The van der Waals surface area contributed by atoms with Crippen molar-refractivity contribution in [2.45, 2.75) is 13.5 Å². The van der Waals surface area contributed by atoms with Crippen molar-refractivity contribution in [3.05, 3.63) is 17.6 Å². The number of aryl methyl sites for hydroxylation is 1. The molecule has 18 heavy (non-hydrogen) atoms.